The van der Waals surface area contributed by atoms with Gasteiger partial charge in [-0.25, -0.2) is 0 Å². The van der Waals surface area contributed by atoms with Gasteiger partial charge in [0.05, 0.1) is 11.3 Å². The Morgan fingerprint density at radius 1 is 1.21 bits per heavy atom. The van der Waals surface area contributed by atoms with Gasteiger partial charge in [0, 0.05) is 35.4 Å². The summed E-state index contributed by atoms with van der Waals surface area (Å²) in [5, 5.41) is 3.75. The van der Waals surface area contributed by atoms with Crippen molar-refractivity contribution in [2.24, 2.45) is 4.99 Å². The highest BCUT2D eigenvalue weighted by Crippen LogP contribution is 2.34. The van der Waals surface area contributed by atoms with Gasteiger partial charge in [0.15, 0.2) is 0 Å². The lowest BCUT2D eigenvalue weighted by Crippen LogP contribution is -2.12. The van der Waals surface area contributed by atoms with Gasteiger partial charge in [-0.05, 0) is 60.9 Å². The fraction of sp³-hybridized carbons (Fsp3) is 0.136. The van der Waals surface area contributed by atoms with Crippen LogP contribution < -0.4 is 5.32 Å². The summed E-state index contributed by atoms with van der Waals surface area (Å²) in [6.45, 7) is 7.51. The Bertz CT molecular complexity index is 1050. The molecule has 0 saturated heterocycles. The summed E-state index contributed by atoms with van der Waals surface area (Å²) in [5.41, 5.74) is 4.52. The van der Waals surface area contributed by atoms with Gasteiger partial charge in [0.2, 0.25) is 5.90 Å². The second kappa shape index (κ2) is 8.63. The highest BCUT2D eigenvalue weighted by molar-refractivity contribution is 7.19. The van der Waals surface area contributed by atoms with Crippen LogP contribution in [0.5, 0.6) is 0 Å². The number of carbonyl (C=O) groups excluding carboxylic acids is 1. The quantitative estimate of drug-likeness (QED) is 0.369. The van der Waals surface area contributed by atoms with Crippen LogP contribution in [0.4, 0.5) is 5.00 Å². The number of anilines is 1. The maximum Gasteiger partial charge on any atom is 0.256 e. The second-order valence-corrected chi connectivity index (χ2v) is 7.24. The number of carbonyl (C=O) groups is 1. The minimum atomic E-state index is -0.140. The second-order valence-electron chi connectivity index (χ2n) is 6.15. The SMILES string of the molecule is C=COC(=NC)c1ccc(C)c(-c2ccc(NC(=O)c3ccncc3C)s2)c1. The smallest absolute Gasteiger partial charge is 0.256 e. The summed E-state index contributed by atoms with van der Waals surface area (Å²) in [4.78, 5) is 21.8. The van der Waals surface area contributed by atoms with E-state index in [1.165, 1.54) is 17.6 Å². The van der Waals surface area contributed by atoms with E-state index in [0.717, 1.165) is 32.1 Å². The van der Waals surface area contributed by atoms with Crippen LogP contribution in [0.3, 0.4) is 0 Å². The lowest BCUT2D eigenvalue weighted by Gasteiger charge is -2.09. The molecular weight excluding hydrogens is 370 g/mol. The molecule has 0 radical (unpaired) electrons. The van der Waals surface area contributed by atoms with Gasteiger partial charge >= 0.3 is 0 Å². The molecule has 0 spiro atoms. The standard InChI is InChI=1S/C22H21N3O2S/c1-5-27-22(23-4)16-7-6-14(2)18(12-16)19-8-9-20(28-19)25-21(26)17-10-11-24-13-15(17)3/h5-13H,1H2,2-4H3,(H,25,26). The molecule has 1 aromatic carbocycles. The molecule has 1 amide bonds. The molecular formula is C22H21N3O2S. The van der Waals surface area contributed by atoms with E-state index in [1.54, 1.807) is 25.5 Å². The number of thiophene rings is 1. The minimum absolute atomic E-state index is 0.140. The van der Waals surface area contributed by atoms with E-state index < -0.39 is 0 Å². The molecule has 0 fully saturated rings. The Balaban J connectivity index is 1.87. The number of hydrogen-bond acceptors (Lipinski definition) is 5. The van der Waals surface area contributed by atoms with Gasteiger partial charge in [0.25, 0.3) is 5.91 Å². The van der Waals surface area contributed by atoms with E-state index >= 15 is 0 Å². The molecule has 0 aliphatic carbocycles. The molecule has 0 unspecified atom stereocenters. The average Bonchev–Trinajstić information content (AvgIpc) is 3.15. The molecule has 3 aromatic rings. The number of nitrogens with one attached hydrogen (secondary N) is 1. The summed E-state index contributed by atoms with van der Waals surface area (Å²) in [7, 11) is 1.68. The maximum atomic E-state index is 12.5. The van der Waals surface area contributed by atoms with E-state index in [1.807, 2.05) is 37.3 Å². The zero-order valence-corrected chi connectivity index (χ0v) is 16.8. The molecule has 0 atom stereocenters. The Kier molecular flexibility index (Phi) is 6.01. The maximum absolute atomic E-state index is 12.5. The Labute approximate surface area is 168 Å². The van der Waals surface area contributed by atoms with E-state index in [4.69, 9.17) is 4.74 Å². The van der Waals surface area contributed by atoms with Crippen molar-refractivity contribution in [2.45, 2.75) is 13.8 Å². The number of benzene rings is 1. The highest BCUT2D eigenvalue weighted by Gasteiger charge is 2.13. The lowest BCUT2D eigenvalue weighted by molar-refractivity contribution is 0.102. The van der Waals surface area contributed by atoms with Gasteiger partial charge < -0.3 is 10.1 Å². The van der Waals surface area contributed by atoms with Crippen LogP contribution >= 0.6 is 11.3 Å². The van der Waals surface area contributed by atoms with E-state index in [-0.39, 0.29) is 5.91 Å². The van der Waals surface area contributed by atoms with Crippen molar-refractivity contribution in [3.63, 3.8) is 0 Å². The predicted octanol–water partition coefficient (Wildman–Crippen LogP) is 5.22. The Morgan fingerprint density at radius 2 is 2.04 bits per heavy atom. The van der Waals surface area contributed by atoms with Crippen molar-refractivity contribution < 1.29 is 9.53 Å². The first-order chi connectivity index (χ1) is 13.5. The van der Waals surface area contributed by atoms with Crippen LogP contribution in [0.15, 0.2) is 66.6 Å². The van der Waals surface area contributed by atoms with Crippen molar-refractivity contribution >= 4 is 28.1 Å². The number of aliphatic imine (C=N–C) groups is 1. The third-order valence-electron chi connectivity index (χ3n) is 4.26. The molecule has 28 heavy (non-hydrogen) atoms. The third kappa shape index (κ3) is 4.18. The molecule has 0 bridgehead atoms. The lowest BCUT2D eigenvalue weighted by atomic mass is 10.0. The molecule has 0 aliphatic rings. The number of pyridine rings is 1. The van der Waals surface area contributed by atoms with Crippen LogP contribution in [0, 0.1) is 13.8 Å². The molecule has 2 heterocycles. The Morgan fingerprint density at radius 3 is 2.75 bits per heavy atom. The van der Waals surface area contributed by atoms with E-state index in [0.29, 0.717) is 11.5 Å². The van der Waals surface area contributed by atoms with Gasteiger partial charge in [-0.1, -0.05) is 12.6 Å². The predicted molar refractivity (Wildman–Crippen MR) is 115 cm³/mol. The topological polar surface area (TPSA) is 63.6 Å². The van der Waals surface area contributed by atoms with Crippen LogP contribution in [0.25, 0.3) is 10.4 Å². The highest BCUT2D eigenvalue weighted by atomic mass is 32.1. The molecule has 3 rings (SSSR count). The van der Waals surface area contributed by atoms with Crippen molar-refractivity contribution in [3.05, 3.63) is 83.9 Å². The largest absolute Gasteiger partial charge is 0.447 e. The van der Waals surface area contributed by atoms with Crippen molar-refractivity contribution in [1.82, 2.24) is 4.98 Å². The summed E-state index contributed by atoms with van der Waals surface area (Å²) in [6, 6.07) is 11.7. The first-order valence-electron chi connectivity index (χ1n) is 8.71. The molecule has 0 saturated carbocycles. The minimum Gasteiger partial charge on any atom is -0.447 e. The average molecular weight is 391 g/mol. The summed E-state index contributed by atoms with van der Waals surface area (Å²) in [5.74, 6) is 0.369. The molecule has 5 nitrogen and oxygen atoms in total. The number of rotatable bonds is 5. The van der Waals surface area contributed by atoms with Gasteiger partial charge in [-0.3, -0.25) is 14.8 Å². The Hall–Kier alpha value is -3.25. The monoisotopic (exact) mass is 391 g/mol. The van der Waals surface area contributed by atoms with Crippen molar-refractivity contribution in [2.75, 3.05) is 12.4 Å². The van der Waals surface area contributed by atoms with E-state index in [9.17, 15) is 4.79 Å². The summed E-state index contributed by atoms with van der Waals surface area (Å²) < 4.78 is 5.38. The first kappa shape index (κ1) is 19.5. The third-order valence-corrected chi connectivity index (χ3v) is 5.29. The van der Waals surface area contributed by atoms with Gasteiger partial charge in [-0.2, -0.15) is 0 Å². The number of nitrogens with zero attached hydrogens (tertiary/aromatic N) is 2. The molecule has 142 valence electrons. The molecule has 1 N–H and O–H groups in total. The van der Waals surface area contributed by atoms with Gasteiger partial charge in [0.1, 0.15) is 0 Å². The number of aryl methyl sites for hydroxylation is 2. The normalized spacial score (nSPS) is 11.2. The van der Waals surface area contributed by atoms with Crippen molar-refractivity contribution in [1.29, 1.82) is 0 Å². The number of ether oxygens (including phenoxy) is 1. The zero-order chi connectivity index (χ0) is 20.1. The van der Waals surface area contributed by atoms with Crippen LogP contribution in [-0.2, 0) is 4.74 Å². The summed E-state index contributed by atoms with van der Waals surface area (Å²) >= 11 is 1.52. The molecule has 0 aliphatic heterocycles. The number of hydrogen-bond donors (Lipinski definition) is 1. The van der Waals surface area contributed by atoms with Crippen LogP contribution in [0.2, 0.25) is 0 Å². The fourth-order valence-corrected chi connectivity index (χ4v) is 3.79. The van der Waals surface area contributed by atoms with E-state index in [2.05, 4.69) is 28.8 Å². The molecule has 2 aromatic heterocycles. The van der Waals surface area contributed by atoms with Gasteiger partial charge in [-0.15, -0.1) is 11.3 Å². The number of aromatic nitrogens is 1. The first-order valence-corrected chi connectivity index (χ1v) is 9.52. The van der Waals surface area contributed by atoms with Crippen LogP contribution in [-0.4, -0.2) is 23.8 Å². The summed E-state index contributed by atoms with van der Waals surface area (Å²) in [6.07, 6.45) is 4.67. The zero-order valence-electron chi connectivity index (χ0n) is 16.0. The van der Waals surface area contributed by atoms with Crippen molar-refractivity contribution in [3.8, 4) is 10.4 Å². The van der Waals surface area contributed by atoms with Crippen LogP contribution in [0.1, 0.15) is 27.0 Å². The molecule has 6 heteroatoms. The fourth-order valence-electron chi connectivity index (χ4n) is 2.81. The number of amides is 1.